The van der Waals surface area contributed by atoms with Gasteiger partial charge in [-0.05, 0) is 49.4 Å². The topological polar surface area (TPSA) is 52.6 Å². The summed E-state index contributed by atoms with van der Waals surface area (Å²) in [5, 5.41) is 0.109. The number of benzene rings is 1. The minimum absolute atomic E-state index is 0.0787. The van der Waals surface area contributed by atoms with Crippen molar-refractivity contribution in [1.29, 1.82) is 0 Å². The van der Waals surface area contributed by atoms with E-state index in [1.165, 1.54) is 0 Å². The van der Waals surface area contributed by atoms with Crippen LogP contribution < -0.4 is 0 Å². The molecular formula is C19H18ClF3O4. The molecule has 4 rings (SSSR count). The Morgan fingerprint density at radius 3 is 2.48 bits per heavy atom. The van der Waals surface area contributed by atoms with Crippen molar-refractivity contribution in [2.24, 2.45) is 5.41 Å². The van der Waals surface area contributed by atoms with E-state index in [0.29, 0.717) is 19.3 Å². The normalized spacial score (nSPS) is 25.0. The van der Waals surface area contributed by atoms with Gasteiger partial charge in [0.1, 0.15) is 12.7 Å². The number of hydrogen-bond donors (Lipinski definition) is 0. The molecule has 2 aliphatic carbocycles. The highest BCUT2D eigenvalue weighted by Gasteiger charge is 2.56. The third-order valence-corrected chi connectivity index (χ3v) is 6.32. The lowest BCUT2D eigenvalue weighted by molar-refractivity contribution is -0.158. The Labute approximate surface area is 159 Å². The smallest absolute Gasteiger partial charge is 0.416 e. The molecule has 1 heterocycles. The van der Waals surface area contributed by atoms with Crippen molar-refractivity contribution < 1.29 is 32.2 Å². The number of carbonyl (C=O) groups is 2. The van der Waals surface area contributed by atoms with Crippen molar-refractivity contribution in [2.75, 3.05) is 6.61 Å². The van der Waals surface area contributed by atoms with Crippen molar-refractivity contribution in [3.05, 3.63) is 34.3 Å². The number of alkyl halides is 3. The Morgan fingerprint density at radius 2 is 1.96 bits per heavy atom. The molecular weight excluding hydrogens is 385 g/mol. The molecule has 3 fully saturated rings. The van der Waals surface area contributed by atoms with E-state index >= 15 is 0 Å². The molecule has 146 valence electrons. The zero-order valence-corrected chi connectivity index (χ0v) is 15.2. The molecule has 8 heteroatoms. The quantitative estimate of drug-likeness (QED) is 0.700. The zero-order chi connectivity index (χ0) is 19.4. The maximum atomic E-state index is 13.0. The van der Waals surface area contributed by atoms with Gasteiger partial charge in [0.25, 0.3) is 0 Å². The average molecular weight is 403 g/mol. The van der Waals surface area contributed by atoms with Crippen LogP contribution in [0.3, 0.4) is 0 Å². The number of ether oxygens (including phenoxy) is 2. The van der Waals surface area contributed by atoms with E-state index < -0.39 is 34.6 Å². The van der Waals surface area contributed by atoms with Crippen molar-refractivity contribution in [2.45, 2.75) is 56.2 Å². The van der Waals surface area contributed by atoms with Crippen LogP contribution in [-0.2, 0) is 30.7 Å². The third kappa shape index (κ3) is 3.10. The van der Waals surface area contributed by atoms with Gasteiger partial charge in [-0.1, -0.05) is 18.0 Å². The highest BCUT2D eigenvalue weighted by atomic mass is 35.5. The zero-order valence-electron chi connectivity index (χ0n) is 14.4. The SMILES string of the molecule is O=C1OC(COC(=O)C2(c3cc(C(F)(F)F)ccc3Cl)CC2)CC12CCC2. The number of cyclic esters (lactones) is 1. The second-order valence-electron chi connectivity index (χ2n) is 7.74. The van der Waals surface area contributed by atoms with Crippen molar-refractivity contribution in [3.8, 4) is 0 Å². The number of hydrogen-bond acceptors (Lipinski definition) is 4. The van der Waals surface area contributed by atoms with Crippen molar-refractivity contribution in [1.82, 2.24) is 0 Å². The molecule has 1 spiro atoms. The molecule has 0 bridgehead atoms. The molecule has 1 aromatic carbocycles. The van der Waals surface area contributed by atoms with Crippen LogP contribution in [0.1, 0.15) is 49.7 Å². The van der Waals surface area contributed by atoms with E-state index in [2.05, 4.69) is 0 Å². The molecule has 0 aromatic heterocycles. The van der Waals surface area contributed by atoms with Gasteiger partial charge < -0.3 is 9.47 Å². The second kappa shape index (κ2) is 6.12. The fraction of sp³-hybridized carbons (Fsp3) is 0.579. The van der Waals surface area contributed by atoms with Crippen LogP contribution in [0.2, 0.25) is 5.02 Å². The van der Waals surface area contributed by atoms with E-state index in [0.717, 1.165) is 37.5 Å². The van der Waals surface area contributed by atoms with Crippen molar-refractivity contribution >= 4 is 23.5 Å². The van der Waals surface area contributed by atoms with E-state index in [9.17, 15) is 22.8 Å². The molecule has 0 amide bonds. The number of carbonyl (C=O) groups excluding carboxylic acids is 2. The molecule has 2 saturated carbocycles. The summed E-state index contributed by atoms with van der Waals surface area (Å²) in [5.41, 5.74) is -2.27. The van der Waals surface area contributed by atoms with Gasteiger partial charge in [-0.25, -0.2) is 0 Å². The van der Waals surface area contributed by atoms with Gasteiger partial charge in [0.2, 0.25) is 0 Å². The van der Waals surface area contributed by atoms with Gasteiger partial charge in [0.15, 0.2) is 0 Å². The Balaban J connectivity index is 1.45. The maximum absolute atomic E-state index is 13.0. The van der Waals surface area contributed by atoms with Gasteiger partial charge in [0.05, 0.1) is 16.4 Å². The minimum atomic E-state index is -4.52. The molecule has 1 saturated heterocycles. The molecule has 1 unspecified atom stereocenters. The average Bonchev–Trinajstić information content (AvgIpc) is 3.29. The number of halogens is 4. The summed E-state index contributed by atoms with van der Waals surface area (Å²) in [4.78, 5) is 24.6. The van der Waals surface area contributed by atoms with Crippen LogP contribution in [0.5, 0.6) is 0 Å². The van der Waals surface area contributed by atoms with Gasteiger partial charge in [-0.2, -0.15) is 13.2 Å². The van der Waals surface area contributed by atoms with Gasteiger partial charge >= 0.3 is 18.1 Å². The monoisotopic (exact) mass is 402 g/mol. The van der Waals surface area contributed by atoms with Crippen LogP contribution in [-0.4, -0.2) is 24.6 Å². The van der Waals surface area contributed by atoms with Crippen LogP contribution in [0.25, 0.3) is 0 Å². The van der Waals surface area contributed by atoms with Gasteiger partial charge in [-0.3, -0.25) is 9.59 Å². The molecule has 0 radical (unpaired) electrons. The highest BCUT2D eigenvalue weighted by Crippen LogP contribution is 2.53. The lowest BCUT2D eigenvalue weighted by Gasteiger charge is -2.33. The first kappa shape index (κ1) is 18.6. The van der Waals surface area contributed by atoms with Crippen molar-refractivity contribution in [3.63, 3.8) is 0 Å². The standard InChI is InChI=1S/C19H18ClF3O4/c20-14-3-2-11(19(21,22)23)8-13(14)18(6-7-18)16(25)26-10-12-9-17(4-1-5-17)15(24)27-12/h2-3,8,12H,1,4-7,9-10H2. The van der Waals surface area contributed by atoms with E-state index in [-0.39, 0.29) is 23.2 Å². The molecule has 0 N–H and O–H groups in total. The number of esters is 2. The molecule has 1 aromatic rings. The van der Waals surface area contributed by atoms with Gasteiger partial charge in [0, 0.05) is 11.4 Å². The summed E-state index contributed by atoms with van der Waals surface area (Å²) >= 11 is 6.08. The first-order chi connectivity index (χ1) is 12.7. The summed E-state index contributed by atoms with van der Waals surface area (Å²) in [7, 11) is 0. The second-order valence-corrected chi connectivity index (χ2v) is 8.15. The predicted molar refractivity (Wildman–Crippen MR) is 89.1 cm³/mol. The maximum Gasteiger partial charge on any atom is 0.416 e. The third-order valence-electron chi connectivity index (χ3n) is 5.99. The summed E-state index contributed by atoms with van der Waals surface area (Å²) in [6.07, 6.45) is -1.17. The first-order valence-corrected chi connectivity index (χ1v) is 9.30. The lowest BCUT2D eigenvalue weighted by atomic mass is 9.67. The highest BCUT2D eigenvalue weighted by molar-refractivity contribution is 6.31. The largest absolute Gasteiger partial charge is 0.461 e. The Hall–Kier alpha value is -1.76. The molecule has 1 atom stereocenters. The summed E-state index contributed by atoms with van der Waals surface area (Å²) in [6, 6.07) is 2.98. The minimum Gasteiger partial charge on any atom is -0.461 e. The molecule has 1 aliphatic heterocycles. The number of rotatable bonds is 4. The summed E-state index contributed by atoms with van der Waals surface area (Å²) in [5.74, 6) is -0.855. The molecule has 27 heavy (non-hydrogen) atoms. The van der Waals surface area contributed by atoms with Gasteiger partial charge in [-0.15, -0.1) is 0 Å². The van der Waals surface area contributed by atoms with Crippen LogP contribution in [0.4, 0.5) is 13.2 Å². The summed E-state index contributed by atoms with van der Waals surface area (Å²) in [6.45, 7) is -0.0787. The fourth-order valence-corrected chi connectivity index (χ4v) is 4.32. The fourth-order valence-electron chi connectivity index (χ4n) is 4.03. The summed E-state index contributed by atoms with van der Waals surface area (Å²) < 4.78 is 49.7. The van der Waals surface area contributed by atoms with Crippen LogP contribution in [0.15, 0.2) is 18.2 Å². The molecule has 3 aliphatic rings. The lowest BCUT2D eigenvalue weighted by Crippen LogP contribution is -2.34. The Kier molecular flexibility index (Phi) is 4.22. The first-order valence-electron chi connectivity index (χ1n) is 8.92. The Bertz CT molecular complexity index is 797. The van der Waals surface area contributed by atoms with Crippen LogP contribution >= 0.6 is 11.6 Å². The predicted octanol–water partition coefficient (Wildman–Crippen LogP) is 4.42. The van der Waals surface area contributed by atoms with E-state index in [1.807, 2.05) is 0 Å². The van der Waals surface area contributed by atoms with E-state index in [4.69, 9.17) is 21.1 Å². The van der Waals surface area contributed by atoms with Crippen LogP contribution in [0, 0.1) is 5.41 Å². The van der Waals surface area contributed by atoms with E-state index in [1.54, 1.807) is 0 Å². The molecule has 4 nitrogen and oxygen atoms in total. The Morgan fingerprint density at radius 1 is 1.26 bits per heavy atom.